The van der Waals surface area contributed by atoms with E-state index < -0.39 is 0 Å². The first kappa shape index (κ1) is 17.9. The SMILES string of the molecule is COc1ccc(-c2nc(CN3CCN(c4cccc(C)n4)CC3)cs2)cc1. The van der Waals surface area contributed by atoms with E-state index in [9.17, 15) is 0 Å². The first-order valence-electron chi connectivity index (χ1n) is 9.21. The van der Waals surface area contributed by atoms with Gasteiger partial charge < -0.3 is 9.64 Å². The Morgan fingerprint density at radius 2 is 1.78 bits per heavy atom. The zero-order valence-electron chi connectivity index (χ0n) is 15.8. The molecule has 3 aromatic rings. The van der Waals surface area contributed by atoms with Crippen LogP contribution in [0.25, 0.3) is 10.6 Å². The highest BCUT2D eigenvalue weighted by Crippen LogP contribution is 2.26. The summed E-state index contributed by atoms with van der Waals surface area (Å²) in [6.45, 7) is 7.03. The third-order valence-corrected chi connectivity index (χ3v) is 5.78. The number of rotatable bonds is 5. The van der Waals surface area contributed by atoms with E-state index in [0.29, 0.717) is 0 Å². The van der Waals surface area contributed by atoms with Crippen molar-refractivity contribution in [2.75, 3.05) is 38.2 Å². The van der Waals surface area contributed by atoms with Gasteiger partial charge in [0.15, 0.2) is 0 Å². The van der Waals surface area contributed by atoms with E-state index in [1.54, 1.807) is 18.4 Å². The standard InChI is InChI=1S/C21H24N4OS/c1-16-4-3-5-20(22-16)25-12-10-24(11-13-25)14-18-15-27-21(23-18)17-6-8-19(26-2)9-7-17/h3-9,15H,10-14H2,1-2H3. The molecule has 1 aromatic carbocycles. The molecule has 1 aliphatic heterocycles. The minimum Gasteiger partial charge on any atom is -0.497 e. The van der Waals surface area contributed by atoms with Gasteiger partial charge in [0.05, 0.1) is 12.8 Å². The lowest BCUT2D eigenvalue weighted by Gasteiger charge is -2.35. The number of piperazine rings is 1. The van der Waals surface area contributed by atoms with Gasteiger partial charge in [0.25, 0.3) is 0 Å². The summed E-state index contributed by atoms with van der Waals surface area (Å²) in [6, 6.07) is 14.3. The largest absolute Gasteiger partial charge is 0.497 e. The van der Waals surface area contributed by atoms with Gasteiger partial charge in [-0.25, -0.2) is 9.97 Å². The van der Waals surface area contributed by atoms with Gasteiger partial charge in [-0.1, -0.05) is 6.07 Å². The molecule has 0 unspecified atom stereocenters. The highest BCUT2D eigenvalue weighted by Gasteiger charge is 2.19. The van der Waals surface area contributed by atoms with Crippen LogP contribution in [0.1, 0.15) is 11.4 Å². The fourth-order valence-corrected chi connectivity index (χ4v) is 4.13. The summed E-state index contributed by atoms with van der Waals surface area (Å²) >= 11 is 1.70. The van der Waals surface area contributed by atoms with Crippen LogP contribution in [0.3, 0.4) is 0 Å². The lowest BCUT2D eigenvalue weighted by molar-refractivity contribution is 0.247. The van der Waals surface area contributed by atoms with Gasteiger partial charge in [0.2, 0.25) is 0 Å². The second-order valence-corrected chi connectivity index (χ2v) is 7.63. The number of aromatic nitrogens is 2. The number of ether oxygens (including phenoxy) is 1. The Hall–Kier alpha value is -2.44. The highest BCUT2D eigenvalue weighted by atomic mass is 32.1. The van der Waals surface area contributed by atoms with Crippen LogP contribution < -0.4 is 9.64 Å². The van der Waals surface area contributed by atoms with Gasteiger partial charge in [-0.2, -0.15) is 0 Å². The molecular formula is C21H24N4OS. The van der Waals surface area contributed by atoms with E-state index in [1.165, 1.54) is 0 Å². The van der Waals surface area contributed by atoms with Gasteiger partial charge in [0, 0.05) is 49.4 Å². The summed E-state index contributed by atoms with van der Waals surface area (Å²) in [6.07, 6.45) is 0. The third-order valence-electron chi connectivity index (χ3n) is 4.84. The lowest BCUT2D eigenvalue weighted by Crippen LogP contribution is -2.46. The van der Waals surface area contributed by atoms with Crippen molar-refractivity contribution in [3.63, 3.8) is 0 Å². The molecular weight excluding hydrogens is 356 g/mol. The van der Waals surface area contributed by atoms with Crippen molar-refractivity contribution in [2.24, 2.45) is 0 Å². The maximum absolute atomic E-state index is 5.23. The number of methoxy groups -OCH3 is 1. The summed E-state index contributed by atoms with van der Waals surface area (Å²) < 4.78 is 5.23. The number of nitrogens with zero attached hydrogens (tertiary/aromatic N) is 4. The van der Waals surface area contributed by atoms with E-state index in [4.69, 9.17) is 9.72 Å². The molecule has 1 saturated heterocycles. The van der Waals surface area contributed by atoms with Crippen LogP contribution in [0.4, 0.5) is 5.82 Å². The minimum absolute atomic E-state index is 0.872. The maximum Gasteiger partial charge on any atom is 0.128 e. The molecule has 6 heteroatoms. The molecule has 0 spiro atoms. The number of hydrogen-bond donors (Lipinski definition) is 0. The molecule has 0 saturated carbocycles. The van der Waals surface area contributed by atoms with Crippen LogP contribution in [0, 0.1) is 6.92 Å². The van der Waals surface area contributed by atoms with Crippen molar-refractivity contribution in [3.05, 3.63) is 59.2 Å². The quantitative estimate of drug-likeness (QED) is 0.673. The predicted octanol–water partition coefficient (Wildman–Crippen LogP) is 3.84. The Balaban J connectivity index is 1.35. The average molecular weight is 381 g/mol. The summed E-state index contributed by atoms with van der Waals surface area (Å²) in [5, 5.41) is 3.24. The Morgan fingerprint density at radius 3 is 2.48 bits per heavy atom. The Labute approximate surface area is 164 Å². The maximum atomic E-state index is 5.23. The van der Waals surface area contributed by atoms with Crippen LogP contribution in [-0.4, -0.2) is 48.2 Å². The molecule has 3 heterocycles. The Morgan fingerprint density at radius 1 is 1.00 bits per heavy atom. The Bertz CT molecular complexity index is 885. The zero-order chi connectivity index (χ0) is 18.6. The third kappa shape index (κ3) is 4.28. The van der Waals surface area contributed by atoms with E-state index in [0.717, 1.165) is 66.3 Å². The topological polar surface area (TPSA) is 41.5 Å². The molecule has 0 aliphatic carbocycles. The van der Waals surface area contributed by atoms with Gasteiger partial charge in [0.1, 0.15) is 16.6 Å². The van der Waals surface area contributed by atoms with Crippen molar-refractivity contribution >= 4 is 17.2 Å². The molecule has 1 fully saturated rings. The predicted molar refractivity (Wildman–Crippen MR) is 111 cm³/mol. The fraction of sp³-hybridized carbons (Fsp3) is 0.333. The van der Waals surface area contributed by atoms with Crippen molar-refractivity contribution in [1.29, 1.82) is 0 Å². The van der Waals surface area contributed by atoms with Crippen LogP contribution in [-0.2, 0) is 6.54 Å². The molecule has 0 atom stereocenters. The summed E-state index contributed by atoms with van der Waals surface area (Å²) in [5.41, 5.74) is 3.36. The van der Waals surface area contributed by atoms with Crippen molar-refractivity contribution in [3.8, 4) is 16.3 Å². The second kappa shape index (κ2) is 8.06. The van der Waals surface area contributed by atoms with Gasteiger partial charge in [-0.3, -0.25) is 4.90 Å². The number of thiazole rings is 1. The Kier molecular flexibility index (Phi) is 5.36. The highest BCUT2D eigenvalue weighted by molar-refractivity contribution is 7.13. The molecule has 2 aromatic heterocycles. The van der Waals surface area contributed by atoms with Crippen LogP contribution in [0.15, 0.2) is 47.8 Å². The molecule has 0 amide bonds. The van der Waals surface area contributed by atoms with E-state index >= 15 is 0 Å². The molecule has 0 radical (unpaired) electrons. The normalized spacial score (nSPS) is 15.1. The molecule has 0 N–H and O–H groups in total. The first-order chi connectivity index (χ1) is 13.2. The van der Waals surface area contributed by atoms with Gasteiger partial charge in [-0.15, -0.1) is 11.3 Å². The van der Waals surface area contributed by atoms with E-state index in [2.05, 4.69) is 44.4 Å². The van der Waals surface area contributed by atoms with Crippen molar-refractivity contribution < 1.29 is 4.74 Å². The number of benzene rings is 1. The second-order valence-electron chi connectivity index (χ2n) is 6.77. The van der Waals surface area contributed by atoms with Crippen molar-refractivity contribution in [1.82, 2.24) is 14.9 Å². The number of aryl methyl sites for hydroxylation is 1. The minimum atomic E-state index is 0.872. The first-order valence-corrected chi connectivity index (χ1v) is 10.1. The average Bonchev–Trinajstić information content (AvgIpc) is 3.17. The fourth-order valence-electron chi connectivity index (χ4n) is 3.31. The molecule has 4 rings (SSSR count). The number of anilines is 1. The summed E-state index contributed by atoms with van der Waals surface area (Å²) in [4.78, 5) is 14.3. The van der Waals surface area contributed by atoms with Crippen LogP contribution in [0.2, 0.25) is 0 Å². The zero-order valence-corrected chi connectivity index (χ0v) is 16.6. The number of pyridine rings is 1. The monoisotopic (exact) mass is 380 g/mol. The van der Waals surface area contributed by atoms with E-state index in [-0.39, 0.29) is 0 Å². The van der Waals surface area contributed by atoms with E-state index in [1.807, 2.05) is 25.1 Å². The lowest BCUT2D eigenvalue weighted by atomic mass is 10.2. The number of hydrogen-bond acceptors (Lipinski definition) is 6. The smallest absolute Gasteiger partial charge is 0.128 e. The molecule has 1 aliphatic rings. The summed E-state index contributed by atoms with van der Waals surface area (Å²) in [7, 11) is 1.69. The molecule has 27 heavy (non-hydrogen) atoms. The van der Waals surface area contributed by atoms with Gasteiger partial charge >= 0.3 is 0 Å². The molecule has 140 valence electrons. The van der Waals surface area contributed by atoms with Crippen molar-refractivity contribution in [2.45, 2.75) is 13.5 Å². The van der Waals surface area contributed by atoms with Gasteiger partial charge in [-0.05, 0) is 43.3 Å². The van der Waals surface area contributed by atoms with Crippen LogP contribution >= 0.6 is 11.3 Å². The van der Waals surface area contributed by atoms with Crippen LogP contribution in [0.5, 0.6) is 5.75 Å². The molecule has 5 nitrogen and oxygen atoms in total. The summed E-state index contributed by atoms with van der Waals surface area (Å²) in [5.74, 6) is 1.96. The molecule has 0 bridgehead atoms.